The quantitative estimate of drug-likeness (QED) is 0.302. The molecule has 3 fully saturated rings. The molecule has 5 amide bonds. The van der Waals surface area contributed by atoms with Gasteiger partial charge in [-0.15, -0.1) is 4.28 Å². The number of piperidine rings is 1. The zero-order valence-corrected chi connectivity index (χ0v) is 15.3. The fourth-order valence-corrected chi connectivity index (χ4v) is 4.05. The smallest absolute Gasteiger partial charge is 0.418 e. The van der Waals surface area contributed by atoms with E-state index in [4.69, 9.17) is 9.66 Å². The standard InChI is InChI=1S/C13H19N5O9S/c19-10(8-2-1-5-16(8)13(22)23)14-15-11(20)9-4-3-7-6-17(9)12(21)18(7)27-28(24,25)26/h7-9H,1-6H2,(H,14,19)(H,15,20)(H,22,23)(H,24,25,26)/t7-,8?,9+/m1/s1. The molecule has 0 saturated carbocycles. The molecule has 0 aliphatic carbocycles. The van der Waals surface area contributed by atoms with E-state index < -0.39 is 52.5 Å². The summed E-state index contributed by atoms with van der Waals surface area (Å²) in [5, 5.41) is 9.56. The lowest BCUT2D eigenvalue weighted by molar-refractivity contribution is -0.133. The van der Waals surface area contributed by atoms with Gasteiger partial charge in [0.2, 0.25) is 0 Å². The van der Waals surface area contributed by atoms with Crippen molar-refractivity contribution in [3.63, 3.8) is 0 Å². The number of nitrogens with zero attached hydrogens (tertiary/aromatic N) is 3. The molecule has 3 rings (SSSR count). The van der Waals surface area contributed by atoms with Crippen molar-refractivity contribution >= 4 is 34.3 Å². The first-order valence-corrected chi connectivity index (χ1v) is 9.81. The third-order valence-corrected chi connectivity index (χ3v) is 5.26. The van der Waals surface area contributed by atoms with Crippen LogP contribution in [0.3, 0.4) is 0 Å². The molecule has 0 aromatic rings. The number of amides is 5. The van der Waals surface area contributed by atoms with Crippen LogP contribution >= 0.6 is 0 Å². The van der Waals surface area contributed by atoms with Crippen LogP contribution in [0.5, 0.6) is 0 Å². The van der Waals surface area contributed by atoms with Gasteiger partial charge in [-0.2, -0.15) is 13.5 Å². The highest BCUT2D eigenvalue weighted by Crippen LogP contribution is 2.30. The average Bonchev–Trinajstić information content (AvgIpc) is 3.19. The minimum Gasteiger partial charge on any atom is -0.465 e. The molecule has 156 valence electrons. The van der Waals surface area contributed by atoms with Gasteiger partial charge in [0.05, 0.1) is 6.04 Å². The Morgan fingerprint density at radius 3 is 2.32 bits per heavy atom. The van der Waals surface area contributed by atoms with Crippen molar-refractivity contribution in [1.29, 1.82) is 0 Å². The number of carbonyl (C=O) groups excluding carboxylic acids is 3. The van der Waals surface area contributed by atoms with E-state index in [0.717, 1.165) is 9.80 Å². The van der Waals surface area contributed by atoms with Crippen molar-refractivity contribution in [2.24, 2.45) is 0 Å². The van der Waals surface area contributed by atoms with E-state index in [1.165, 1.54) is 0 Å². The lowest BCUT2D eigenvalue weighted by atomic mass is 10.0. The highest BCUT2D eigenvalue weighted by atomic mass is 32.3. The molecule has 0 spiro atoms. The third-order valence-electron chi connectivity index (χ3n) is 4.91. The van der Waals surface area contributed by atoms with Crippen molar-refractivity contribution < 1.29 is 41.5 Å². The fourth-order valence-electron chi connectivity index (χ4n) is 3.66. The van der Waals surface area contributed by atoms with Gasteiger partial charge in [-0.1, -0.05) is 0 Å². The highest BCUT2D eigenvalue weighted by Gasteiger charge is 2.49. The van der Waals surface area contributed by atoms with E-state index in [2.05, 4.69) is 15.1 Å². The number of hydrogen-bond donors (Lipinski definition) is 4. The van der Waals surface area contributed by atoms with Crippen LogP contribution in [0.25, 0.3) is 0 Å². The van der Waals surface area contributed by atoms with Crippen LogP contribution in [0.15, 0.2) is 0 Å². The average molecular weight is 421 g/mol. The van der Waals surface area contributed by atoms with E-state index in [1.54, 1.807) is 0 Å². The second kappa shape index (κ2) is 7.40. The first kappa shape index (κ1) is 20.1. The molecule has 3 atom stereocenters. The van der Waals surface area contributed by atoms with Crippen LogP contribution < -0.4 is 10.9 Å². The van der Waals surface area contributed by atoms with Crippen LogP contribution in [0, 0.1) is 0 Å². The number of hydrazine groups is 1. The lowest BCUT2D eigenvalue weighted by Crippen LogP contribution is -2.57. The number of fused-ring (bicyclic) bond motifs is 2. The zero-order chi connectivity index (χ0) is 20.6. The normalized spacial score (nSPS) is 27.1. The zero-order valence-electron chi connectivity index (χ0n) is 14.5. The number of hydrogen-bond acceptors (Lipinski definition) is 7. The fraction of sp³-hybridized carbons (Fsp3) is 0.692. The summed E-state index contributed by atoms with van der Waals surface area (Å²) in [4.78, 5) is 49.9. The van der Waals surface area contributed by atoms with Gasteiger partial charge in [0.1, 0.15) is 12.1 Å². The molecule has 14 nitrogen and oxygen atoms in total. The maximum absolute atomic E-state index is 12.4. The molecule has 0 aromatic carbocycles. The van der Waals surface area contributed by atoms with Crippen LogP contribution in [0.1, 0.15) is 25.7 Å². The predicted octanol–water partition coefficient (Wildman–Crippen LogP) is -1.72. The maximum atomic E-state index is 12.4. The molecule has 3 aliphatic heterocycles. The summed E-state index contributed by atoms with van der Waals surface area (Å²) >= 11 is 0. The van der Waals surface area contributed by atoms with Gasteiger partial charge < -0.3 is 10.0 Å². The summed E-state index contributed by atoms with van der Waals surface area (Å²) in [6.45, 7) is 0.229. The maximum Gasteiger partial charge on any atom is 0.418 e. The SMILES string of the molecule is O=C(NNC(=O)[C@@H]1CC[C@@H]2CN1C(=O)N2OS(=O)(=O)O)C1CCCN1C(=O)O. The highest BCUT2D eigenvalue weighted by molar-refractivity contribution is 7.80. The van der Waals surface area contributed by atoms with E-state index in [0.29, 0.717) is 17.9 Å². The van der Waals surface area contributed by atoms with Gasteiger partial charge in [-0.3, -0.25) is 29.9 Å². The Hall–Kier alpha value is -2.65. The summed E-state index contributed by atoms with van der Waals surface area (Å²) in [6.07, 6.45) is 0.0247. The van der Waals surface area contributed by atoms with Gasteiger partial charge in [-0.25, -0.2) is 9.59 Å². The summed E-state index contributed by atoms with van der Waals surface area (Å²) in [5.41, 5.74) is 4.34. The summed E-state index contributed by atoms with van der Waals surface area (Å²) in [7, 11) is -4.89. The van der Waals surface area contributed by atoms with Crippen molar-refractivity contribution in [1.82, 2.24) is 25.7 Å². The van der Waals surface area contributed by atoms with Crippen molar-refractivity contribution in [2.75, 3.05) is 13.1 Å². The molecule has 3 saturated heterocycles. The van der Waals surface area contributed by atoms with Gasteiger partial charge in [-0.05, 0) is 25.7 Å². The molecular formula is C13H19N5O9S. The molecule has 0 aromatic heterocycles. The van der Waals surface area contributed by atoms with Crippen molar-refractivity contribution in [2.45, 2.75) is 43.8 Å². The van der Waals surface area contributed by atoms with Gasteiger partial charge >= 0.3 is 22.5 Å². The molecular weight excluding hydrogens is 402 g/mol. The van der Waals surface area contributed by atoms with Crippen LogP contribution in [0.4, 0.5) is 9.59 Å². The van der Waals surface area contributed by atoms with Gasteiger partial charge in [0.25, 0.3) is 11.8 Å². The van der Waals surface area contributed by atoms with Gasteiger partial charge in [0, 0.05) is 13.1 Å². The Bertz CT molecular complexity index is 802. The van der Waals surface area contributed by atoms with Gasteiger partial charge in [0.15, 0.2) is 0 Å². The molecule has 0 radical (unpaired) electrons. The second-order valence-corrected chi connectivity index (χ2v) is 7.63. The lowest BCUT2D eigenvalue weighted by Gasteiger charge is -2.29. The first-order valence-electron chi connectivity index (χ1n) is 8.44. The topological polar surface area (TPSA) is 186 Å². The number of nitrogens with one attached hydrogen (secondary N) is 2. The largest absolute Gasteiger partial charge is 0.465 e. The molecule has 1 unspecified atom stereocenters. The van der Waals surface area contributed by atoms with Crippen LogP contribution in [-0.4, -0.2) is 88.1 Å². The number of carbonyl (C=O) groups is 4. The molecule has 28 heavy (non-hydrogen) atoms. The number of rotatable bonds is 4. The Kier molecular flexibility index (Phi) is 5.31. The molecule has 3 heterocycles. The Morgan fingerprint density at radius 1 is 1.07 bits per heavy atom. The molecule has 2 bridgehead atoms. The monoisotopic (exact) mass is 421 g/mol. The summed E-state index contributed by atoms with van der Waals surface area (Å²) in [5.74, 6) is -1.40. The van der Waals surface area contributed by atoms with Crippen molar-refractivity contribution in [3.8, 4) is 0 Å². The molecule has 3 aliphatic rings. The third kappa shape index (κ3) is 3.95. The Morgan fingerprint density at radius 2 is 1.71 bits per heavy atom. The van der Waals surface area contributed by atoms with E-state index >= 15 is 0 Å². The first-order chi connectivity index (χ1) is 13.1. The number of hydroxylamine groups is 2. The minimum atomic E-state index is -4.89. The van der Waals surface area contributed by atoms with Crippen LogP contribution in [-0.2, 0) is 24.3 Å². The van der Waals surface area contributed by atoms with Crippen LogP contribution in [0.2, 0.25) is 0 Å². The number of carboxylic acid groups (broad SMARTS) is 1. The second-order valence-electron chi connectivity index (χ2n) is 6.62. The predicted molar refractivity (Wildman–Crippen MR) is 87.4 cm³/mol. The summed E-state index contributed by atoms with van der Waals surface area (Å²) < 4.78 is 34.8. The van der Waals surface area contributed by atoms with E-state index in [-0.39, 0.29) is 25.9 Å². The Labute approximate surface area is 159 Å². The Balaban J connectivity index is 1.58. The molecule has 15 heteroatoms. The number of likely N-dealkylation sites (tertiary alicyclic amines) is 1. The van der Waals surface area contributed by atoms with E-state index in [1.807, 2.05) is 0 Å². The molecule has 4 N–H and O–H groups in total. The minimum absolute atomic E-state index is 0.00973. The van der Waals surface area contributed by atoms with E-state index in [9.17, 15) is 27.6 Å². The number of urea groups is 1. The summed E-state index contributed by atoms with van der Waals surface area (Å²) in [6, 6.07) is -3.45. The van der Waals surface area contributed by atoms with Crippen molar-refractivity contribution in [3.05, 3.63) is 0 Å².